The van der Waals surface area contributed by atoms with E-state index in [2.05, 4.69) is 47.0 Å². The second-order valence-corrected chi connectivity index (χ2v) is 5.29. The Bertz CT molecular complexity index is 400. The Morgan fingerprint density at radius 3 is 2.76 bits per heavy atom. The number of nitrogens with one attached hydrogen (secondary N) is 1. The lowest BCUT2D eigenvalue weighted by Crippen LogP contribution is -2.38. The van der Waals surface area contributed by atoms with Gasteiger partial charge in [0.25, 0.3) is 0 Å². The fourth-order valence-electron chi connectivity index (χ4n) is 2.46. The van der Waals surface area contributed by atoms with Crippen molar-refractivity contribution < 1.29 is 0 Å². The molecule has 94 valence electrons. The van der Waals surface area contributed by atoms with E-state index in [1.54, 1.807) is 0 Å². The predicted octanol–water partition coefficient (Wildman–Crippen LogP) is 2.60. The van der Waals surface area contributed by atoms with Crippen LogP contribution in [0, 0.1) is 6.92 Å². The molecule has 1 aromatic heterocycles. The summed E-state index contributed by atoms with van der Waals surface area (Å²) in [4.78, 5) is 11.4. The van der Waals surface area contributed by atoms with Crippen molar-refractivity contribution in [3.05, 3.63) is 11.8 Å². The Morgan fingerprint density at radius 2 is 2.18 bits per heavy atom. The summed E-state index contributed by atoms with van der Waals surface area (Å²) in [5, 5.41) is 3.19. The van der Waals surface area contributed by atoms with Crippen LogP contribution >= 0.6 is 0 Å². The second kappa shape index (κ2) is 4.51. The number of aromatic nitrogens is 2. The molecule has 1 saturated heterocycles. The summed E-state index contributed by atoms with van der Waals surface area (Å²) in [5.41, 5.74) is 1.23. The highest BCUT2D eigenvalue weighted by Gasteiger charge is 2.33. The van der Waals surface area contributed by atoms with Gasteiger partial charge in [0.1, 0.15) is 5.82 Å². The van der Waals surface area contributed by atoms with Crippen molar-refractivity contribution in [2.75, 3.05) is 23.3 Å². The minimum Gasteiger partial charge on any atom is -0.354 e. The van der Waals surface area contributed by atoms with Crippen molar-refractivity contribution >= 4 is 11.8 Å². The molecule has 17 heavy (non-hydrogen) atoms. The molecule has 2 rings (SSSR count). The fourth-order valence-corrected chi connectivity index (χ4v) is 2.46. The molecule has 0 saturated carbocycles. The molecule has 4 heteroatoms. The van der Waals surface area contributed by atoms with Crippen molar-refractivity contribution in [2.45, 2.75) is 46.1 Å². The molecule has 1 aliphatic rings. The van der Waals surface area contributed by atoms with E-state index in [1.807, 2.05) is 6.92 Å². The van der Waals surface area contributed by atoms with Crippen molar-refractivity contribution in [1.29, 1.82) is 0 Å². The first-order valence-electron chi connectivity index (χ1n) is 6.40. The molecular weight excluding hydrogens is 212 g/mol. The van der Waals surface area contributed by atoms with Crippen LogP contribution < -0.4 is 10.2 Å². The largest absolute Gasteiger partial charge is 0.354 e. The number of rotatable bonds is 3. The van der Waals surface area contributed by atoms with Gasteiger partial charge in [0, 0.05) is 30.4 Å². The van der Waals surface area contributed by atoms with E-state index in [9.17, 15) is 0 Å². The number of hydrogen-bond donors (Lipinski definition) is 1. The molecule has 1 fully saturated rings. The number of hydrogen-bond acceptors (Lipinski definition) is 4. The topological polar surface area (TPSA) is 41.1 Å². The number of aryl methyl sites for hydroxylation is 1. The van der Waals surface area contributed by atoms with Crippen LogP contribution in [-0.2, 0) is 0 Å². The van der Waals surface area contributed by atoms with Crippen LogP contribution in [0.1, 0.15) is 39.3 Å². The lowest BCUT2D eigenvalue weighted by Gasteiger charge is -2.32. The molecule has 0 aliphatic carbocycles. The van der Waals surface area contributed by atoms with Gasteiger partial charge in [-0.3, -0.25) is 0 Å². The van der Waals surface area contributed by atoms with Crippen LogP contribution in [0.2, 0.25) is 0 Å². The van der Waals surface area contributed by atoms with E-state index >= 15 is 0 Å². The summed E-state index contributed by atoms with van der Waals surface area (Å²) in [5.74, 6) is 1.79. The Hall–Kier alpha value is -1.32. The van der Waals surface area contributed by atoms with Gasteiger partial charge in [0.05, 0.1) is 0 Å². The number of nitrogens with zero attached hydrogens (tertiary/aromatic N) is 3. The average Bonchev–Trinajstić information content (AvgIpc) is 2.57. The highest BCUT2D eigenvalue weighted by molar-refractivity contribution is 5.48. The van der Waals surface area contributed by atoms with Crippen LogP contribution in [0.15, 0.2) is 6.07 Å². The second-order valence-electron chi connectivity index (χ2n) is 5.29. The van der Waals surface area contributed by atoms with Crippen molar-refractivity contribution in [3.63, 3.8) is 0 Å². The van der Waals surface area contributed by atoms with Crippen molar-refractivity contribution in [3.8, 4) is 0 Å². The predicted molar refractivity (Wildman–Crippen MR) is 71.6 cm³/mol. The molecule has 1 N–H and O–H groups in total. The van der Waals surface area contributed by atoms with Gasteiger partial charge in [-0.1, -0.05) is 0 Å². The maximum absolute atomic E-state index is 4.60. The Balaban J connectivity index is 2.31. The summed E-state index contributed by atoms with van der Waals surface area (Å²) in [6.45, 7) is 10.6. The third kappa shape index (κ3) is 2.51. The zero-order valence-corrected chi connectivity index (χ0v) is 11.2. The minimum absolute atomic E-state index is 0.213. The average molecular weight is 234 g/mol. The zero-order valence-electron chi connectivity index (χ0n) is 11.2. The molecule has 0 spiro atoms. The lowest BCUT2D eigenvalue weighted by molar-refractivity contribution is 0.514. The Morgan fingerprint density at radius 1 is 1.41 bits per heavy atom. The van der Waals surface area contributed by atoms with E-state index in [0.29, 0.717) is 0 Å². The molecule has 1 aromatic rings. The summed E-state index contributed by atoms with van der Waals surface area (Å²) in [6.07, 6.45) is 2.47. The monoisotopic (exact) mass is 234 g/mol. The summed E-state index contributed by atoms with van der Waals surface area (Å²) in [7, 11) is 0. The SMILES string of the molecule is CCNc1nc(C)cc(N2CCCC2(C)C)n1. The lowest BCUT2D eigenvalue weighted by atomic mass is 10.0. The normalized spacial score (nSPS) is 18.5. The van der Waals surface area contributed by atoms with Crippen LogP contribution in [0.3, 0.4) is 0 Å². The highest BCUT2D eigenvalue weighted by Crippen LogP contribution is 2.32. The summed E-state index contributed by atoms with van der Waals surface area (Å²) in [6, 6.07) is 2.08. The molecule has 2 heterocycles. The van der Waals surface area contributed by atoms with Gasteiger partial charge < -0.3 is 10.2 Å². The first kappa shape index (κ1) is 12.1. The quantitative estimate of drug-likeness (QED) is 0.872. The van der Waals surface area contributed by atoms with Gasteiger partial charge in [0.15, 0.2) is 0 Å². The van der Waals surface area contributed by atoms with Crippen LogP contribution in [0.5, 0.6) is 0 Å². The molecular formula is C13H22N4. The first-order chi connectivity index (χ1) is 8.03. The van der Waals surface area contributed by atoms with Gasteiger partial charge in [-0.25, -0.2) is 4.98 Å². The van der Waals surface area contributed by atoms with Gasteiger partial charge >= 0.3 is 0 Å². The van der Waals surface area contributed by atoms with Gasteiger partial charge in [-0.05, 0) is 40.5 Å². The van der Waals surface area contributed by atoms with Crippen LogP contribution in [-0.4, -0.2) is 28.6 Å². The smallest absolute Gasteiger partial charge is 0.224 e. The highest BCUT2D eigenvalue weighted by atomic mass is 15.3. The first-order valence-corrected chi connectivity index (χ1v) is 6.40. The fraction of sp³-hybridized carbons (Fsp3) is 0.692. The molecule has 0 aromatic carbocycles. The zero-order chi connectivity index (χ0) is 12.5. The van der Waals surface area contributed by atoms with E-state index in [1.165, 1.54) is 12.8 Å². The Labute approximate surface area is 103 Å². The standard InChI is InChI=1S/C13H22N4/c1-5-14-12-15-10(2)9-11(16-12)17-8-6-7-13(17,3)4/h9H,5-8H2,1-4H3,(H,14,15,16). The number of anilines is 2. The van der Waals surface area contributed by atoms with E-state index in [0.717, 1.165) is 30.5 Å². The van der Waals surface area contributed by atoms with E-state index in [4.69, 9.17) is 0 Å². The molecule has 4 nitrogen and oxygen atoms in total. The molecule has 0 atom stereocenters. The van der Waals surface area contributed by atoms with Gasteiger partial charge in [-0.2, -0.15) is 4.98 Å². The van der Waals surface area contributed by atoms with E-state index < -0.39 is 0 Å². The van der Waals surface area contributed by atoms with Crippen LogP contribution in [0.25, 0.3) is 0 Å². The Kier molecular flexibility index (Phi) is 3.22. The van der Waals surface area contributed by atoms with Gasteiger partial charge in [-0.15, -0.1) is 0 Å². The van der Waals surface area contributed by atoms with E-state index in [-0.39, 0.29) is 5.54 Å². The van der Waals surface area contributed by atoms with Crippen LogP contribution in [0.4, 0.5) is 11.8 Å². The van der Waals surface area contributed by atoms with Crippen molar-refractivity contribution in [2.24, 2.45) is 0 Å². The molecule has 0 unspecified atom stereocenters. The summed E-state index contributed by atoms with van der Waals surface area (Å²) >= 11 is 0. The molecule has 0 bridgehead atoms. The van der Waals surface area contributed by atoms with Crippen molar-refractivity contribution in [1.82, 2.24) is 9.97 Å². The molecule has 0 radical (unpaired) electrons. The minimum atomic E-state index is 0.213. The molecule has 0 amide bonds. The van der Waals surface area contributed by atoms with Gasteiger partial charge in [0.2, 0.25) is 5.95 Å². The maximum atomic E-state index is 4.60. The third-order valence-electron chi connectivity index (χ3n) is 3.35. The molecule has 1 aliphatic heterocycles. The third-order valence-corrected chi connectivity index (χ3v) is 3.35. The summed E-state index contributed by atoms with van der Waals surface area (Å²) < 4.78 is 0. The maximum Gasteiger partial charge on any atom is 0.224 e.